The van der Waals surface area contributed by atoms with Gasteiger partial charge in [0.2, 0.25) is 0 Å². The zero-order valence-electron chi connectivity index (χ0n) is 15.1. The van der Waals surface area contributed by atoms with E-state index in [0.717, 1.165) is 53.4 Å². The SMILES string of the molecule is CC(C)(O)CSc1nnc(-c2c[nH]c3ccccc23)n1CC1CCCO1. The number of benzene rings is 1. The fraction of sp³-hybridized carbons (Fsp3) is 0.474. The second kappa shape index (κ2) is 7.06. The highest BCUT2D eigenvalue weighted by Crippen LogP contribution is 2.32. The number of ether oxygens (including phenoxy) is 1. The molecule has 4 rings (SSSR count). The van der Waals surface area contributed by atoms with Crippen LogP contribution in [0.5, 0.6) is 0 Å². The summed E-state index contributed by atoms with van der Waals surface area (Å²) >= 11 is 1.53. The van der Waals surface area contributed by atoms with E-state index in [1.807, 2.05) is 18.3 Å². The molecule has 26 heavy (non-hydrogen) atoms. The first kappa shape index (κ1) is 17.6. The summed E-state index contributed by atoms with van der Waals surface area (Å²) in [5, 5.41) is 20.9. The predicted molar refractivity (Wildman–Crippen MR) is 103 cm³/mol. The van der Waals surface area contributed by atoms with Crippen LogP contribution in [0.2, 0.25) is 0 Å². The van der Waals surface area contributed by atoms with E-state index < -0.39 is 5.60 Å². The number of rotatable bonds is 6. The van der Waals surface area contributed by atoms with Crippen molar-refractivity contribution in [1.82, 2.24) is 19.7 Å². The quantitative estimate of drug-likeness (QED) is 0.648. The Morgan fingerprint density at radius 3 is 2.96 bits per heavy atom. The van der Waals surface area contributed by atoms with E-state index in [4.69, 9.17) is 4.74 Å². The molecule has 2 aromatic heterocycles. The molecule has 0 radical (unpaired) electrons. The summed E-state index contributed by atoms with van der Waals surface area (Å²) in [6, 6.07) is 8.20. The Morgan fingerprint density at radius 1 is 1.35 bits per heavy atom. The van der Waals surface area contributed by atoms with Gasteiger partial charge in [-0.2, -0.15) is 0 Å². The van der Waals surface area contributed by atoms with Gasteiger partial charge in [-0.1, -0.05) is 30.0 Å². The molecule has 3 heterocycles. The number of fused-ring (bicyclic) bond motifs is 1. The zero-order valence-corrected chi connectivity index (χ0v) is 15.9. The van der Waals surface area contributed by atoms with Gasteiger partial charge in [-0.05, 0) is 32.8 Å². The lowest BCUT2D eigenvalue weighted by molar-refractivity contribution is 0.0952. The molecule has 0 aliphatic carbocycles. The average Bonchev–Trinajstić information content (AvgIpc) is 3.32. The molecule has 6 nitrogen and oxygen atoms in total. The summed E-state index contributed by atoms with van der Waals surface area (Å²) in [5.41, 5.74) is 1.37. The molecule has 1 unspecified atom stereocenters. The molecule has 0 saturated carbocycles. The van der Waals surface area contributed by atoms with Crippen molar-refractivity contribution in [3.05, 3.63) is 30.5 Å². The molecule has 1 saturated heterocycles. The van der Waals surface area contributed by atoms with Crippen LogP contribution < -0.4 is 0 Å². The molecule has 1 aliphatic heterocycles. The van der Waals surface area contributed by atoms with E-state index in [1.54, 1.807) is 13.8 Å². The van der Waals surface area contributed by atoms with Gasteiger partial charge in [0.05, 0.1) is 18.2 Å². The number of nitrogens with one attached hydrogen (secondary N) is 1. The average molecular weight is 372 g/mol. The van der Waals surface area contributed by atoms with Crippen molar-refractivity contribution in [3.8, 4) is 11.4 Å². The van der Waals surface area contributed by atoms with E-state index >= 15 is 0 Å². The predicted octanol–water partition coefficient (Wildman–Crippen LogP) is 3.47. The van der Waals surface area contributed by atoms with Crippen molar-refractivity contribution in [2.75, 3.05) is 12.4 Å². The van der Waals surface area contributed by atoms with Gasteiger partial charge in [0, 0.05) is 35.0 Å². The highest BCUT2D eigenvalue weighted by molar-refractivity contribution is 7.99. The summed E-state index contributed by atoms with van der Waals surface area (Å²) in [7, 11) is 0. The number of aromatic nitrogens is 4. The maximum atomic E-state index is 10.1. The summed E-state index contributed by atoms with van der Waals surface area (Å²) in [5.74, 6) is 1.40. The largest absolute Gasteiger partial charge is 0.390 e. The molecule has 0 bridgehead atoms. The highest BCUT2D eigenvalue weighted by atomic mass is 32.2. The molecule has 1 fully saturated rings. The van der Waals surface area contributed by atoms with Gasteiger partial charge in [0.15, 0.2) is 11.0 Å². The summed E-state index contributed by atoms with van der Waals surface area (Å²) in [6.45, 7) is 5.17. The first-order valence-electron chi connectivity index (χ1n) is 8.98. The van der Waals surface area contributed by atoms with Crippen LogP contribution in [0.15, 0.2) is 35.6 Å². The molecule has 138 valence electrons. The van der Waals surface area contributed by atoms with Gasteiger partial charge in [-0.3, -0.25) is 4.57 Å². The van der Waals surface area contributed by atoms with Crippen LogP contribution >= 0.6 is 11.8 Å². The molecule has 1 atom stereocenters. The van der Waals surface area contributed by atoms with Gasteiger partial charge in [0.25, 0.3) is 0 Å². The Morgan fingerprint density at radius 2 is 2.19 bits per heavy atom. The number of hydrogen-bond acceptors (Lipinski definition) is 5. The lowest BCUT2D eigenvalue weighted by atomic mass is 10.1. The smallest absolute Gasteiger partial charge is 0.191 e. The topological polar surface area (TPSA) is 76.0 Å². The Hall–Kier alpha value is -1.83. The Kier molecular flexibility index (Phi) is 4.77. The first-order valence-corrected chi connectivity index (χ1v) is 9.96. The number of para-hydroxylation sites is 1. The number of nitrogens with zero attached hydrogens (tertiary/aromatic N) is 3. The van der Waals surface area contributed by atoms with Crippen LogP contribution in [0.1, 0.15) is 26.7 Å². The van der Waals surface area contributed by atoms with Crippen LogP contribution in [-0.2, 0) is 11.3 Å². The van der Waals surface area contributed by atoms with Gasteiger partial charge in [0.1, 0.15) is 0 Å². The first-order chi connectivity index (χ1) is 12.5. The maximum Gasteiger partial charge on any atom is 0.191 e. The molecular formula is C19H24N4O2S. The Bertz CT molecular complexity index is 890. The number of aliphatic hydroxyl groups is 1. The van der Waals surface area contributed by atoms with Crippen LogP contribution in [0, 0.1) is 0 Å². The standard InChI is InChI=1S/C19H24N4O2S/c1-19(2,24)12-26-18-22-21-17(23(18)11-13-6-5-9-25-13)15-10-20-16-8-4-3-7-14(15)16/h3-4,7-8,10,13,20,24H,5-6,9,11-12H2,1-2H3. The number of hydrogen-bond donors (Lipinski definition) is 2. The Balaban J connectivity index is 1.72. The number of H-pyrrole nitrogens is 1. The number of thioether (sulfide) groups is 1. The van der Waals surface area contributed by atoms with E-state index in [9.17, 15) is 5.11 Å². The Labute approximate surface area is 157 Å². The lowest BCUT2D eigenvalue weighted by Gasteiger charge is -2.18. The minimum atomic E-state index is -0.758. The van der Waals surface area contributed by atoms with Crippen LogP contribution in [0.25, 0.3) is 22.3 Å². The van der Waals surface area contributed by atoms with E-state index in [2.05, 4.69) is 31.9 Å². The molecular weight excluding hydrogens is 348 g/mol. The fourth-order valence-corrected chi connectivity index (χ4v) is 4.15. The lowest BCUT2D eigenvalue weighted by Crippen LogP contribution is -2.22. The second-order valence-electron chi connectivity index (χ2n) is 7.40. The summed E-state index contributed by atoms with van der Waals surface area (Å²) in [4.78, 5) is 3.31. The summed E-state index contributed by atoms with van der Waals surface area (Å²) in [6.07, 6.45) is 4.34. The van der Waals surface area contributed by atoms with E-state index in [0.29, 0.717) is 5.75 Å². The molecule has 7 heteroatoms. The molecule has 2 N–H and O–H groups in total. The maximum absolute atomic E-state index is 10.1. The van der Waals surface area contributed by atoms with Gasteiger partial charge in [-0.15, -0.1) is 10.2 Å². The van der Waals surface area contributed by atoms with Crippen molar-refractivity contribution in [1.29, 1.82) is 0 Å². The fourth-order valence-electron chi connectivity index (χ4n) is 3.25. The third-order valence-electron chi connectivity index (χ3n) is 4.51. The second-order valence-corrected chi connectivity index (χ2v) is 8.34. The van der Waals surface area contributed by atoms with Crippen molar-refractivity contribution in [2.45, 2.75) is 50.1 Å². The monoisotopic (exact) mass is 372 g/mol. The van der Waals surface area contributed by atoms with E-state index in [1.165, 1.54) is 11.8 Å². The van der Waals surface area contributed by atoms with Gasteiger partial charge >= 0.3 is 0 Å². The van der Waals surface area contributed by atoms with Crippen molar-refractivity contribution >= 4 is 22.7 Å². The normalized spacial score (nSPS) is 18.0. The third-order valence-corrected chi connectivity index (χ3v) is 5.92. The molecule has 0 amide bonds. The molecule has 1 aliphatic rings. The molecule has 3 aromatic rings. The minimum Gasteiger partial charge on any atom is -0.390 e. The van der Waals surface area contributed by atoms with Crippen LogP contribution in [0.3, 0.4) is 0 Å². The van der Waals surface area contributed by atoms with Crippen LogP contribution in [0.4, 0.5) is 0 Å². The van der Waals surface area contributed by atoms with Crippen molar-refractivity contribution in [2.24, 2.45) is 0 Å². The van der Waals surface area contributed by atoms with E-state index in [-0.39, 0.29) is 6.10 Å². The number of aromatic amines is 1. The van der Waals surface area contributed by atoms with Gasteiger partial charge in [-0.25, -0.2) is 0 Å². The molecule has 1 aromatic carbocycles. The van der Waals surface area contributed by atoms with Crippen molar-refractivity contribution < 1.29 is 9.84 Å². The summed E-state index contributed by atoms with van der Waals surface area (Å²) < 4.78 is 7.98. The minimum absolute atomic E-state index is 0.191. The third kappa shape index (κ3) is 3.65. The molecule has 0 spiro atoms. The zero-order chi connectivity index (χ0) is 18.1. The van der Waals surface area contributed by atoms with Crippen molar-refractivity contribution in [3.63, 3.8) is 0 Å². The van der Waals surface area contributed by atoms with Crippen LogP contribution in [-0.4, -0.2) is 48.9 Å². The van der Waals surface area contributed by atoms with Gasteiger partial charge < -0.3 is 14.8 Å². The highest BCUT2D eigenvalue weighted by Gasteiger charge is 2.24.